The van der Waals surface area contributed by atoms with Crippen LogP contribution in [0.2, 0.25) is 0 Å². The summed E-state index contributed by atoms with van der Waals surface area (Å²) < 4.78 is 10.6. The van der Waals surface area contributed by atoms with Crippen LogP contribution in [0, 0.1) is 62.6 Å². The fourth-order valence-corrected chi connectivity index (χ4v) is 12.3. The first-order valence-electron chi connectivity index (χ1n) is 35.5. The minimum atomic E-state index is -0.422. The molecule has 0 N–H and O–H groups in total. The molecule has 3 atom stereocenters. The van der Waals surface area contributed by atoms with Gasteiger partial charge in [0.15, 0.2) is 0 Å². The van der Waals surface area contributed by atoms with Crippen molar-refractivity contribution in [2.75, 3.05) is 13.2 Å². The van der Waals surface area contributed by atoms with Crippen molar-refractivity contribution < 1.29 is 14.3 Å². The molecule has 98 heavy (non-hydrogen) atoms. The largest absolute Gasteiger partial charge is 0.460 e. The molecule has 0 aromatic heterocycles. The lowest BCUT2D eigenvalue weighted by molar-refractivity contribution is -0.154. The molecule has 0 heterocycles. The highest BCUT2D eigenvalue weighted by Gasteiger charge is 2.31. The number of carbonyl (C=O) groups excluding carboxylic acids is 1. The summed E-state index contributed by atoms with van der Waals surface area (Å²) in [4.78, 5) is 11.4. The Hall–Kier alpha value is -7.21. The Labute approximate surface area is 607 Å². The zero-order valence-corrected chi connectivity index (χ0v) is 66.0. The normalized spacial score (nSPS) is 13.5. The fourth-order valence-electron chi connectivity index (χ4n) is 11.9. The van der Waals surface area contributed by atoms with Crippen LogP contribution in [0.3, 0.4) is 0 Å². The van der Waals surface area contributed by atoms with E-state index in [9.17, 15) is 4.79 Å². The number of ether oxygens (including phenoxy) is 2. The summed E-state index contributed by atoms with van der Waals surface area (Å²) in [6.45, 7) is 47.8. The van der Waals surface area contributed by atoms with Gasteiger partial charge in [0.1, 0.15) is 13.2 Å². The van der Waals surface area contributed by atoms with Gasteiger partial charge >= 0.3 is 5.97 Å². The van der Waals surface area contributed by atoms with Gasteiger partial charge in [-0.1, -0.05) is 383 Å². The van der Waals surface area contributed by atoms with Gasteiger partial charge in [-0.15, -0.1) is 12.8 Å². The number of esters is 1. The lowest BCUT2D eigenvalue weighted by Gasteiger charge is -2.35. The van der Waals surface area contributed by atoms with Crippen molar-refractivity contribution in [2.24, 2.45) is 37.9 Å². The summed E-state index contributed by atoms with van der Waals surface area (Å²) >= 11 is 3.44. The molecule has 3 nitrogen and oxygen atoms in total. The zero-order valence-electron chi connectivity index (χ0n) is 64.4. The summed E-state index contributed by atoms with van der Waals surface area (Å²) in [6.07, 6.45) is 17.0. The lowest BCUT2D eigenvalue weighted by atomic mass is 9.69. The Morgan fingerprint density at radius 1 is 0.459 bits per heavy atom. The second-order valence-electron chi connectivity index (χ2n) is 33.8. The Morgan fingerprint density at radius 2 is 0.847 bits per heavy atom. The van der Waals surface area contributed by atoms with Crippen LogP contribution in [0.4, 0.5) is 0 Å². The standard InChI is InChI=1S/C17H20.C15H20O.C14H20.C13H16.C12H17Br.C12H16O2.C11H16/c1-17(2,3)16(14-10-6-4-7-11-14)15-12-8-5-9-13-15;1-5-11-16-12-14(15(2,3)4)13-9-7-6-8-10-13;1-14(2,3)13-10-6-8-11-7-4-5-9-12(11)13;1-5-12(13(2,3)4)11-9-7-6-8-10-11;1-12(2,3)8-10-4-6-11(9-13)7-5-10;1-12(2,3)11(13)14-9-10-7-5-4-6-8-10;1-11(2,3)9-10-7-5-4-6-8-10/h4-13,16H,1-3H3;1,6-10,14H,11-12H2,2-4H3;4-5,7,9,13H,6,8,10H2,1-3H3;1,6-10,12H,2-4H3;4-7H,8-9H2,1-3H3;4-8H,9H2,1-3H3;4-8H,9H2,1-3H3. The Bertz CT molecular complexity index is 3450. The SMILES string of the molecule is C#CC(c1ccccc1)C(C)(C)C.C#CCOCC(c1ccccc1)C(C)(C)C.CC(C)(C)C(=O)OCc1ccccc1.CC(C)(C)C(c1ccccc1)c1ccccc1.CC(C)(C)C1CCCc2ccccc21.CC(C)(C)Cc1ccc(CBr)cc1.CC(C)(C)Cc1ccccc1. The number of aryl methyl sites for hydroxylation is 1. The maximum absolute atomic E-state index is 11.4. The van der Waals surface area contributed by atoms with Crippen molar-refractivity contribution in [3.05, 3.63) is 286 Å². The van der Waals surface area contributed by atoms with Crippen LogP contribution in [0.25, 0.3) is 0 Å². The zero-order chi connectivity index (χ0) is 73.2. The quantitative estimate of drug-likeness (QED) is 0.0529. The van der Waals surface area contributed by atoms with Crippen LogP contribution < -0.4 is 0 Å². The number of fused-ring (bicyclic) bond motifs is 1. The van der Waals surface area contributed by atoms with Gasteiger partial charge in [0.05, 0.1) is 12.0 Å². The Kier molecular flexibility index (Phi) is 35.9. The fraction of sp³-hybridized carbons (Fsp3) is 0.436. The van der Waals surface area contributed by atoms with Crippen molar-refractivity contribution >= 4 is 21.9 Å². The van der Waals surface area contributed by atoms with Gasteiger partial charge in [-0.2, -0.15) is 0 Å². The molecule has 0 radical (unpaired) electrons. The number of hydrogen-bond donors (Lipinski definition) is 0. The highest BCUT2D eigenvalue weighted by atomic mass is 79.9. The summed E-state index contributed by atoms with van der Waals surface area (Å²) in [5.74, 6) is 6.98. The number of alkyl halides is 1. The van der Waals surface area contributed by atoms with Crippen LogP contribution in [-0.2, 0) is 45.5 Å². The van der Waals surface area contributed by atoms with E-state index >= 15 is 0 Å². The number of rotatable bonds is 12. The predicted octanol–water partition coefficient (Wildman–Crippen LogP) is 26.2. The minimum absolute atomic E-state index is 0.135. The molecule has 1 aliphatic rings. The third-order valence-electron chi connectivity index (χ3n) is 16.7. The van der Waals surface area contributed by atoms with Crippen LogP contribution in [0.15, 0.2) is 231 Å². The number of terminal acetylenes is 2. The third kappa shape index (κ3) is 34.0. The molecule has 0 fully saturated rings. The number of carbonyl (C=O) groups is 1. The Balaban J connectivity index is 0.000000299. The molecular weight excluding hydrogens is 1260 g/mol. The van der Waals surface area contributed by atoms with Gasteiger partial charge in [-0.25, -0.2) is 0 Å². The molecule has 8 aromatic carbocycles. The van der Waals surface area contributed by atoms with Gasteiger partial charge in [-0.3, -0.25) is 4.79 Å². The van der Waals surface area contributed by atoms with Crippen LogP contribution in [0.1, 0.15) is 238 Å². The van der Waals surface area contributed by atoms with Crippen molar-refractivity contribution in [1.82, 2.24) is 0 Å². The first-order chi connectivity index (χ1) is 45.9. The van der Waals surface area contributed by atoms with Gasteiger partial charge < -0.3 is 9.47 Å². The monoisotopic (exact) mass is 1380 g/mol. The highest BCUT2D eigenvalue weighted by Crippen LogP contribution is 2.44. The van der Waals surface area contributed by atoms with E-state index in [1.54, 1.807) is 11.1 Å². The Morgan fingerprint density at radius 3 is 1.22 bits per heavy atom. The van der Waals surface area contributed by atoms with E-state index in [0.29, 0.717) is 47.9 Å². The van der Waals surface area contributed by atoms with E-state index in [1.807, 2.05) is 75.4 Å². The smallest absolute Gasteiger partial charge is 0.311 e. The number of hydrogen-bond acceptors (Lipinski definition) is 3. The van der Waals surface area contributed by atoms with Crippen molar-refractivity contribution in [3.63, 3.8) is 0 Å². The summed E-state index contributed by atoms with van der Waals surface area (Å²) in [5.41, 5.74) is 15.1. The molecule has 0 saturated heterocycles. The molecule has 0 amide bonds. The molecule has 4 heteroatoms. The van der Waals surface area contributed by atoms with Crippen LogP contribution in [-0.4, -0.2) is 19.2 Å². The van der Waals surface area contributed by atoms with Gasteiger partial charge in [0, 0.05) is 23.1 Å². The second-order valence-corrected chi connectivity index (χ2v) is 34.3. The first kappa shape index (κ1) is 85.0. The van der Waals surface area contributed by atoms with E-state index in [4.69, 9.17) is 22.3 Å². The lowest BCUT2D eigenvalue weighted by Crippen LogP contribution is -2.23. The first-order valence-corrected chi connectivity index (χ1v) is 36.6. The third-order valence-corrected chi connectivity index (χ3v) is 17.4. The number of benzene rings is 8. The maximum Gasteiger partial charge on any atom is 0.311 e. The van der Waals surface area contributed by atoms with E-state index in [1.165, 1.54) is 58.2 Å². The number of halogens is 1. The summed E-state index contributed by atoms with van der Waals surface area (Å²) in [5, 5.41) is 0.947. The van der Waals surface area contributed by atoms with Gasteiger partial charge in [0.2, 0.25) is 0 Å². The van der Waals surface area contributed by atoms with Crippen LogP contribution >= 0.6 is 15.9 Å². The second kappa shape index (κ2) is 41.4. The van der Waals surface area contributed by atoms with Crippen molar-refractivity contribution in [1.29, 1.82) is 0 Å². The molecule has 3 unspecified atom stereocenters. The molecular formula is C94H125BrO3. The molecule has 1 aliphatic carbocycles. The van der Waals surface area contributed by atoms with E-state index in [0.717, 1.165) is 29.7 Å². The van der Waals surface area contributed by atoms with Crippen molar-refractivity contribution in [3.8, 4) is 24.7 Å². The molecule has 0 saturated carbocycles. The molecule has 0 aliphatic heterocycles. The minimum Gasteiger partial charge on any atom is -0.460 e. The van der Waals surface area contributed by atoms with Gasteiger partial charge in [0.25, 0.3) is 0 Å². The van der Waals surface area contributed by atoms with Gasteiger partial charge in [-0.05, 0) is 147 Å². The van der Waals surface area contributed by atoms with Crippen molar-refractivity contribution in [2.45, 2.75) is 213 Å². The highest BCUT2D eigenvalue weighted by molar-refractivity contribution is 9.08. The topological polar surface area (TPSA) is 35.5 Å². The van der Waals surface area contributed by atoms with Crippen LogP contribution in [0.5, 0.6) is 0 Å². The molecule has 9 rings (SSSR count). The average Bonchev–Trinajstić information content (AvgIpc) is 0.826. The molecule has 8 aromatic rings. The maximum atomic E-state index is 11.4. The average molecular weight is 1380 g/mol. The molecule has 526 valence electrons. The molecule has 0 spiro atoms. The summed E-state index contributed by atoms with van der Waals surface area (Å²) in [6, 6.07) is 80.4. The predicted molar refractivity (Wildman–Crippen MR) is 429 cm³/mol. The van der Waals surface area contributed by atoms with E-state index < -0.39 is 5.41 Å². The molecule has 0 bridgehead atoms. The summed E-state index contributed by atoms with van der Waals surface area (Å²) in [7, 11) is 0. The van der Waals surface area contributed by atoms with E-state index in [-0.39, 0.29) is 28.1 Å². The van der Waals surface area contributed by atoms with E-state index in [2.05, 4.69) is 328 Å².